The van der Waals surface area contributed by atoms with Gasteiger partial charge in [0, 0.05) is 0 Å². The molecule has 1 amide bonds. The molecule has 0 fully saturated rings. The fraction of sp³-hybridized carbons (Fsp3) is 0.471. The molecular weight excluding hydrogens is 355 g/mol. The Balaban J connectivity index is 2.84. The average molecular weight is 375 g/mol. The predicted octanol–water partition coefficient (Wildman–Crippen LogP) is 2.10. The fourth-order valence-electron chi connectivity index (χ4n) is 2.29. The van der Waals surface area contributed by atoms with Crippen LogP contribution in [0.2, 0.25) is 0 Å². The maximum Gasteiger partial charge on any atom is 0.416 e. The molecule has 0 saturated heterocycles. The minimum absolute atomic E-state index is 0.139. The minimum Gasteiger partial charge on any atom is -0.469 e. The van der Waals surface area contributed by atoms with E-state index in [2.05, 4.69) is 14.8 Å². The summed E-state index contributed by atoms with van der Waals surface area (Å²) >= 11 is 0. The van der Waals surface area contributed by atoms with E-state index in [1.807, 2.05) is 0 Å². The van der Waals surface area contributed by atoms with Crippen LogP contribution < -0.4 is 5.32 Å². The Morgan fingerprint density at radius 1 is 1.15 bits per heavy atom. The molecule has 1 rings (SSSR count). The van der Waals surface area contributed by atoms with E-state index in [0.717, 1.165) is 19.2 Å². The van der Waals surface area contributed by atoms with Crippen LogP contribution in [-0.4, -0.2) is 38.1 Å². The fourth-order valence-corrected chi connectivity index (χ4v) is 2.29. The van der Waals surface area contributed by atoms with Crippen molar-refractivity contribution in [3.8, 4) is 0 Å². The molecule has 0 saturated carbocycles. The van der Waals surface area contributed by atoms with E-state index in [9.17, 15) is 27.6 Å². The highest BCUT2D eigenvalue weighted by Gasteiger charge is 2.31. The number of methoxy groups -OCH3 is 2. The van der Waals surface area contributed by atoms with Gasteiger partial charge in [0.1, 0.15) is 6.04 Å². The Morgan fingerprint density at radius 3 is 2.35 bits per heavy atom. The number of hydrogen-bond acceptors (Lipinski definition) is 5. The topological polar surface area (TPSA) is 81.7 Å². The third-order valence-electron chi connectivity index (χ3n) is 3.68. The van der Waals surface area contributed by atoms with Crippen LogP contribution in [0.4, 0.5) is 13.2 Å². The Hall–Kier alpha value is -2.58. The third-order valence-corrected chi connectivity index (χ3v) is 3.68. The van der Waals surface area contributed by atoms with Crippen LogP contribution in [0.15, 0.2) is 24.3 Å². The lowest BCUT2D eigenvalue weighted by Gasteiger charge is -2.22. The lowest BCUT2D eigenvalue weighted by molar-refractivity contribution is -0.148. The van der Waals surface area contributed by atoms with Gasteiger partial charge in [-0.1, -0.05) is 25.1 Å². The van der Waals surface area contributed by atoms with Gasteiger partial charge >= 0.3 is 18.1 Å². The standard InChI is InChI=1S/C17H20F3NO5/c1-10(7-14(23)25-2)15(16(24)26-3)21-13(22)9-11-5-4-6-12(8-11)17(18,19)20/h4-6,8,10,15H,7,9H2,1-3H3,(H,21,22)/t10-,15+/m1/s1. The van der Waals surface area contributed by atoms with Crippen LogP contribution in [0.3, 0.4) is 0 Å². The number of alkyl halides is 3. The highest BCUT2D eigenvalue weighted by atomic mass is 19.4. The van der Waals surface area contributed by atoms with E-state index in [4.69, 9.17) is 0 Å². The first-order chi connectivity index (χ1) is 12.1. The van der Waals surface area contributed by atoms with Crippen molar-refractivity contribution in [1.29, 1.82) is 0 Å². The summed E-state index contributed by atoms with van der Waals surface area (Å²) in [7, 11) is 2.31. The maximum atomic E-state index is 12.7. The molecule has 6 nitrogen and oxygen atoms in total. The number of nitrogens with one attached hydrogen (secondary N) is 1. The highest BCUT2D eigenvalue weighted by Crippen LogP contribution is 2.29. The summed E-state index contributed by atoms with van der Waals surface area (Å²) in [5, 5.41) is 2.40. The van der Waals surface area contributed by atoms with Crippen molar-refractivity contribution in [2.45, 2.75) is 32.0 Å². The van der Waals surface area contributed by atoms with Gasteiger partial charge in [-0.2, -0.15) is 13.2 Å². The molecule has 1 aromatic carbocycles. The molecule has 9 heteroatoms. The molecule has 144 valence electrons. The molecule has 0 radical (unpaired) electrons. The molecule has 2 atom stereocenters. The second-order valence-electron chi connectivity index (χ2n) is 5.70. The third kappa shape index (κ3) is 6.38. The van der Waals surface area contributed by atoms with Crippen molar-refractivity contribution in [3.63, 3.8) is 0 Å². The summed E-state index contributed by atoms with van der Waals surface area (Å²) in [6.45, 7) is 1.54. The zero-order chi connectivity index (χ0) is 19.9. The van der Waals surface area contributed by atoms with Crippen molar-refractivity contribution >= 4 is 17.8 Å². The van der Waals surface area contributed by atoms with Gasteiger partial charge in [0.15, 0.2) is 0 Å². The quantitative estimate of drug-likeness (QED) is 0.738. The number of halogens is 3. The van der Waals surface area contributed by atoms with E-state index < -0.39 is 41.5 Å². The summed E-state index contributed by atoms with van der Waals surface area (Å²) in [5.41, 5.74) is -0.729. The highest BCUT2D eigenvalue weighted by molar-refractivity contribution is 5.86. The number of hydrogen-bond donors (Lipinski definition) is 1. The summed E-state index contributed by atoms with van der Waals surface area (Å²) in [4.78, 5) is 35.4. The number of amides is 1. The Kier molecular flexibility index (Phi) is 7.60. The van der Waals surface area contributed by atoms with Crippen LogP contribution in [0.1, 0.15) is 24.5 Å². The van der Waals surface area contributed by atoms with Crippen molar-refractivity contribution in [1.82, 2.24) is 5.32 Å². The van der Waals surface area contributed by atoms with Crippen molar-refractivity contribution in [2.24, 2.45) is 5.92 Å². The van der Waals surface area contributed by atoms with Gasteiger partial charge in [-0.25, -0.2) is 4.79 Å². The molecule has 0 aliphatic carbocycles. The normalized spacial score (nSPS) is 13.5. The van der Waals surface area contributed by atoms with Crippen molar-refractivity contribution in [3.05, 3.63) is 35.4 Å². The summed E-state index contributed by atoms with van der Waals surface area (Å²) in [6.07, 6.45) is -5.02. The predicted molar refractivity (Wildman–Crippen MR) is 84.9 cm³/mol. The SMILES string of the molecule is COC(=O)C[C@@H](C)[C@H](NC(=O)Cc1cccc(C(F)(F)F)c1)C(=O)OC. The van der Waals surface area contributed by atoms with E-state index in [-0.39, 0.29) is 18.4 Å². The first-order valence-corrected chi connectivity index (χ1v) is 7.68. The summed E-state index contributed by atoms with van der Waals surface area (Å²) in [6, 6.07) is 3.21. The number of esters is 2. The monoisotopic (exact) mass is 375 g/mol. The zero-order valence-electron chi connectivity index (χ0n) is 14.6. The molecular formula is C17H20F3NO5. The molecule has 0 aromatic heterocycles. The van der Waals surface area contributed by atoms with E-state index in [0.29, 0.717) is 0 Å². The van der Waals surface area contributed by atoms with Gasteiger partial charge in [0.25, 0.3) is 0 Å². The van der Waals surface area contributed by atoms with Crippen LogP contribution in [0.5, 0.6) is 0 Å². The zero-order valence-corrected chi connectivity index (χ0v) is 14.6. The van der Waals surface area contributed by atoms with Gasteiger partial charge in [0.2, 0.25) is 5.91 Å². The summed E-state index contributed by atoms with van der Waals surface area (Å²) < 4.78 is 47.3. The summed E-state index contributed by atoms with van der Waals surface area (Å²) in [5.74, 6) is -2.63. The first kappa shape index (κ1) is 21.5. The Morgan fingerprint density at radius 2 is 1.81 bits per heavy atom. The van der Waals surface area contributed by atoms with Crippen molar-refractivity contribution < 1.29 is 37.0 Å². The molecule has 1 aromatic rings. The lowest BCUT2D eigenvalue weighted by atomic mass is 9.97. The van der Waals surface area contributed by atoms with E-state index >= 15 is 0 Å². The number of benzene rings is 1. The molecule has 1 N–H and O–H groups in total. The molecule has 0 unspecified atom stereocenters. The van der Waals surface area contributed by atoms with Gasteiger partial charge in [-0.15, -0.1) is 0 Å². The number of carbonyl (C=O) groups is 3. The molecule has 0 bridgehead atoms. The lowest BCUT2D eigenvalue weighted by Crippen LogP contribution is -2.47. The van der Waals surface area contributed by atoms with Crippen molar-refractivity contribution in [2.75, 3.05) is 14.2 Å². The molecule has 0 heterocycles. The van der Waals surface area contributed by atoms with Gasteiger partial charge in [0.05, 0.1) is 32.6 Å². The van der Waals surface area contributed by atoms with Crippen LogP contribution in [0.25, 0.3) is 0 Å². The van der Waals surface area contributed by atoms with Gasteiger partial charge in [-0.3, -0.25) is 9.59 Å². The van der Waals surface area contributed by atoms with Crippen LogP contribution in [-0.2, 0) is 36.5 Å². The van der Waals surface area contributed by atoms with E-state index in [1.54, 1.807) is 6.92 Å². The first-order valence-electron chi connectivity index (χ1n) is 7.68. The second kappa shape index (κ2) is 9.21. The van der Waals surface area contributed by atoms with E-state index in [1.165, 1.54) is 19.2 Å². The molecule has 0 aliphatic rings. The average Bonchev–Trinajstić information content (AvgIpc) is 2.58. The molecule has 0 aliphatic heterocycles. The Labute approximate surface area is 148 Å². The second-order valence-corrected chi connectivity index (χ2v) is 5.70. The number of rotatable bonds is 7. The number of carbonyl (C=O) groups excluding carboxylic acids is 3. The minimum atomic E-state index is -4.52. The largest absolute Gasteiger partial charge is 0.469 e. The smallest absolute Gasteiger partial charge is 0.416 e. The van der Waals surface area contributed by atoms with Crippen LogP contribution >= 0.6 is 0 Å². The molecule has 0 spiro atoms. The molecule has 26 heavy (non-hydrogen) atoms. The Bertz CT molecular complexity index is 660. The van der Waals surface area contributed by atoms with Gasteiger partial charge in [-0.05, 0) is 17.5 Å². The maximum absolute atomic E-state index is 12.7. The number of ether oxygens (including phenoxy) is 2. The van der Waals surface area contributed by atoms with Crippen LogP contribution in [0, 0.1) is 5.92 Å². The van der Waals surface area contributed by atoms with Gasteiger partial charge < -0.3 is 14.8 Å².